The van der Waals surface area contributed by atoms with E-state index in [1.54, 1.807) is 24.5 Å². The number of aromatic nitrogens is 6. The van der Waals surface area contributed by atoms with E-state index in [0.29, 0.717) is 40.2 Å². The molecule has 1 aliphatic rings. The highest BCUT2D eigenvalue weighted by molar-refractivity contribution is 5.82. The molecular weight excluding hydrogens is 519 g/mol. The van der Waals surface area contributed by atoms with Gasteiger partial charge in [0.2, 0.25) is 5.82 Å². The first kappa shape index (κ1) is 27.6. The van der Waals surface area contributed by atoms with Crippen LogP contribution in [0.15, 0.2) is 67.1 Å². The maximum atomic E-state index is 13.9. The molecule has 5 heterocycles. The molecule has 5 aromatic rings. The van der Waals surface area contributed by atoms with Gasteiger partial charge in [-0.3, -0.25) is 9.47 Å². The van der Waals surface area contributed by atoms with E-state index in [0.717, 1.165) is 38.2 Å². The normalized spacial score (nSPS) is 13.8. The summed E-state index contributed by atoms with van der Waals surface area (Å²) < 4.78 is 15.8. The van der Waals surface area contributed by atoms with E-state index in [9.17, 15) is 4.39 Å². The van der Waals surface area contributed by atoms with E-state index >= 15 is 0 Å². The number of halogens is 1. The predicted octanol–water partition coefficient (Wildman–Crippen LogP) is 4.97. The number of nitrogens with zero attached hydrogens (tertiary/aromatic N) is 8. The highest BCUT2D eigenvalue weighted by Gasteiger charge is 2.21. The van der Waals surface area contributed by atoms with Gasteiger partial charge in [-0.15, -0.1) is 0 Å². The monoisotopic (exact) mass is 550 g/mol. The minimum Gasteiger partial charge on any atom is -0.383 e. The molecule has 1 fully saturated rings. The highest BCUT2D eigenvalue weighted by atomic mass is 19.1. The van der Waals surface area contributed by atoms with Gasteiger partial charge in [0.15, 0.2) is 11.5 Å². The second-order valence-electron chi connectivity index (χ2n) is 9.44. The van der Waals surface area contributed by atoms with Crippen molar-refractivity contribution in [2.75, 3.05) is 24.1 Å². The number of fused-ring (bicyclic) bond motifs is 1. The van der Waals surface area contributed by atoms with Crippen molar-refractivity contribution in [1.29, 1.82) is 5.26 Å². The van der Waals surface area contributed by atoms with Crippen molar-refractivity contribution in [3.63, 3.8) is 0 Å². The molecule has 4 aromatic heterocycles. The fraction of sp³-hybridized carbons (Fsp3) is 0.267. The topological polar surface area (TPSA) is 134 Å². The van der Waals surface area contributed by atoms with Crippen LogP contribution in [0.5, 0.6) is 0 Å². The van der Waals surface area contributed by atoms with Crippen LogP contribution in [0.1, 0.15) is 38.1 Å². The number of hydrogen-bond donors (Lipinski definition) is 2. The molecule has 1 saturated heterocycles. The lowest BCUT2D eigenvalue weighted by Gasteiger charge is -2.32. The van der Waals surface area contributed by atoms with Crippen LogP contribution in [-0.4, -0.2) is 53.5 Å². The van der Waals surface area contributed by atoms with Gasteiger partial charge in [0.25, 0.3) is 0 Å². The molecule has 11 heteroatoms. The summed E-state index contributed by atoms with van der Waals surface area (Å²) in [6, 6.07) is 17.3. The Labute approximate surface area is 237 Å². The third-order valence-corrected chi connectivity index (χ3v) is 6.84. The minimum absolute atomic E-state index is 0.170. The Morgan fingerprint density at radius 2 is 1.80 bits per heavy atom. The van der Waals surface area contributed by atoms with E-state index in [-0.39, 0.29) is 5.82 Å². The lowest BCUT2D eigenvalue weighted by Crippen LogP contribution is -2.38. The molecule has 41 heavy (non-hydrogen) atoms. The molecule has 1 aliphatic heterocycles. The second-order valence-corrected chi connectivity index (χ2v) is 9.44. The van der Waals surface area contributed by atoms with Crippen LogP contribution in [0, 0.1) is 17.1 Å². The number of hydrogen-bond acceptors (Lipinski definition) is 9. The highest BCUT2D eigenvalue weighted by Crippen LogP contribution is 2.30. The smallest absolute Gasteiger partial charge is 0.234 e. The molecule has 0 aliphatic carbocycles. The molecule has 0 amide bonds. The Balaban J connectivity index is 0.00000165. The van der Waals surface area contributed by atoms with Crippen LogP contribution in [-0.2, 0) is 6.54 Å². The summed E-state index contributed by atoms with van der Waals surface area (Å²) in [6.45, 7) is 6.72. The molecule has 0 unspecified atom stereocenters. The Morgan fingerprint density at radius 3 is 2.54 bits per heavy atom. The van der Waals surface area contributed by atoms with Crippen molar-refractivity contribution < 1.29 is 4.39 Å². The van der Waals surface area contributed by atoms with Crippen molar-refractivity contribution >= 4 is 22.8 Å². The van der Waals surface area contributed by atoms with Crippen molar-refractivity contribution in [2.45, 2.75) is 39.3 Å². The van der Waals surface area contributed by atoms with E-state index in [4.69, 9.17) is 11.0 Å². The number of piperidine rings is 1. The molecule has 0 radical (unpaired) electrons. The summed E-state index contributed by atoms with van der Waals surface area (Å²) in [5.41, 5.74) is 9.84. The molecule has 208 valence electrons. The van der Waals surface area contributed by atoms with Crippen LogP contribution in [0.2, 0.25) is 0 Å². The summed E-state index contributed by atoms with van der Waals surface area (Å²) in [5, 5.41) is 12.4. The maximum absolute atomic E-state index is 13.9. The number of pyridine rings is 2. The molecule has 6 rings (SSSR count). The summed E-state index contributed by atoms with van der Waals surface area (Å²) >= 11 is 0. The molecule has 0 bridgehead atoms. The van der Waals surface area contributed by atoms with Crippen molar-refractivity contribution in [2.24, 2.45) is 0 Å². The Kier molecular flexibility index (Phi) is 8.41. The largest absolute Gasteiger partial charge is 0.383 e. The van der Waals surface area contributed by atoms with Crippen LogP contribution >= 0.6 is 0 Å². The molecule has 0 saturated carbocycles. The van der Waals surface area contributed by atoms with Gasteiger partial charge in [-0.2, -0.15) is 5.26 Å². The maximum Gasteiger partial charge on any atom is 0.234 e. The zero-order valence-corrected chi connectivity index (χ0v) is 23.0. The van der Waals surface area contributed by atoms with Gasteiger partial charge in [-0.1, -0.05) is 26.0 Å². The number of imidazole rings is 1. The number of benzene rings is 1. The fourth-order valence-electron chi connectivity index (χ4n) is 4.92. The van der Waals surface area contributed by atoms with Crippen LogP contribution < -0.4 is 11.1 Å². The number of nitrogens with one attached hydrogen (secondary N) is 1. The SMILES string of the molecule is CC.N#Cc1nccc(NC2CCN(Cc3ccc(-n4c(-c5cccnc5N)nc5cc(F)cnc54)cc3)CC2)n1. The van der Waals surface area contributed by atoms with Gasteiger partial charge in [-0.05, 0) is 48.7 Å². The zero-order chi connectivity index (χ0) is 28.8. The number of rotatable bonds is 6. The lowest BCUT2D eigenvalue weighted by atomic mass is 10.0. The summed E-state index contributed by atoms with van der Waals surface area (Å²) in [4.78, 5) is 23.7. The van der Waals surface area contributed by atoms with Gasteiger partial charge in [0.05, 0.1) is 11.8 Å². The number of nitrogens with two attached hydrogens (primary N) is 1. The van der Waals surface area contributed by atoms with Crippen LogP contribution in [0.4, 0.5) is 16.0 Å². The number of nitriles is 1. The van der Waals surface area contributed by atoms with Crippen molar-refractivity contribution in [1.82, 2.24) is 34.4 Å². The van der Waals surface area contributed by atoms with Crippen molar-refractivity contribution in [3.05, 3.63) is 84.3 Å². The van der Waals surface area contributed by atoms with E-state index < -0.39 is 5.82 Å². The van der Waals surface area contributed by atoms with E-state index in [2.05, 4.69) is 47.3 Å². The van der Waals surface area contributed by atoms with Gasteiger partial charge in [0.1, 0.15) is 29.0 Å². The van der Waals surface area contributed by atoms with Gasteiger partial charge < -0.3 is 11.1 Å². The fourth-order valence-corrected chi connectivity index (χ4v) is 4.92. The first-order valence-corrected chi connectivity index (χ1v) is 13.6. The second kappa shape index (κ2) is 12.5. The standard InChI is InChI=1S/C28H25FN10.C2H6/c29-19-14-23-28(34-16-19)39(27(36-23)22-2-1-10-33-26(22)31)21-5-3-18(4-6-21)17-38-12-8-20(9-13-38)35-24-7-11-32-25(15-30)37-24;1-2/h1-7,10-11,14,16,20H,8-9,12-13,17H2,(H2,31,33)(H,32,35,37);1-2H3. The Morgan fingerprint density at radius 1 is 1.02 bits per heavy atom. The van der Waals surface area contributed by atoms with Gasteiger partial charge in [-0.25, -0.2) is 29.3 Å². The lowest BCUT2D eigenvalue weighted by molar-refractivity contribution is 0.211. The molecule has 0 atom stereocenters. The quantitative estimate of drug-likeness (QED) is 0.300. The average molecular weight is 551 g/mol. The number of anilines is 2. The summed E-state index contributed by atoms with van der Waals surface area (Å²) in [6.07, 6.45) is 6.36. The van der Waals surface area contributed by atoms with Crippen LogP contribution in [0.25, 0.3) is 28.2 Å². The van der Waals surface area contributed by atoms with Gasteiger partial charge in [0, 0.05) is 49.8 Å². The molecule has 0 spiro atoms. The van der Waals surface area contributed by atoms with E-state index in [1.807, 2.05) is 42.7 Å². The predicted molar refractivity (Wildman–Crippen MR) is 156 cm³/mol. The van der Waals surface area contributed by atoms with Crippen LogP contribution in [0.3, 0.4) is 0 Å². The molecule has 1 aromatic carbocycles. The Hall–Kier alpha value is -4.95. The molecule has 3 N–H and O–H groups in total. The average Bonchev–Trinajstić information content (AvgIpc) is 3.38. The minimum atomic E-state index is -0.448. The third kappa shape index (κ3) is 6.13. The first-order valence-electron chi connectivity index (χ1n) is 13.6. The van der Waals surface area contributed by atoms with Gasteiger partial charge >= 0.3 is 0 Å². The number of nitrogen functional groups attached to an aromatic ring is 1. The summed E-state index contributed by atoms with van der Waals surface area (Å²) in [7, 11) is 0. The molecule has 10 nitrogen and oxygen atoms in total. The third-order valence-electron chi connectivity index (χ3n) is 6.84. The number of likely N-dealkylation sites (tertiary alicyclic amines) is 1. The van der Waals surface area contributed by atoms with E-state index in [1.165, 1.54) is 17.8 Å². The zero-order valence-electron chi connectivity index (χ0n) is 23.0. The Bertz CT molecular complexity index is 1670. The first-order chi connectivity index (χ1) is 20.1. The molecular formula is C30H31FN10. The van der Waals surface area contributed by atoms with Crippen molar-refractivity contribution in [3.8, 4) is 23.1 Å². The summed E-state index contributed by atoms with van der Waals surface area (Å²) in [5.74, 6) is 1.31.